The molecule has 0 amide bonds. The highest BCUT2D eigenvalue weighted by Gasteiger charge is 2.16. The Morgan fingerprint density at radius 2 is 2.10 bits per heavy atom. The SMILES string of the molecule is CNCc1ccc(OCc2cncc(C)c2)c([N+](=O)[O-])c1. The second-order valence-corrected chi connectivity index (χ2v) is 4.75. The fourth-order valence-electron chi connectivity index (χ4n) is 2.00. The number of hydrogen-bond donors (Lipinski definition) is 1. The topological polar surface area (TPSA) is 77.3 Å². The average Bonchev–Trinajstić information content (AvgIpc) is 2.46. The molecule has 21 heavy (non-hydrogen) atoms. The van der Waals surface area contributed by atoms with Crippen molar-refractivity contribution in [1.29, 1.82) is 0 Å². The van der Waals surface area contributed by atoms with Gasteiger partial charge in [0.05, 0.1) is 4.92 Å². The summed E-state index contributed by atoms with van der Waals surface area (Å²) in [7, 11) is 1.79. The predicted molar refractivity (Wildman–Crippen MR) is 79.2 cm³/mol. The molecule has 1 aromatic heterocycles. The lowest BCUT2D eigenvalue weighted by Crippen LogP contribution is -2.06. The van der Waals surface area contributed by atoms with Crippen LogP contribution in [0.1, 0.15) is 16.7 Å². The summed E-state index contributed by atoms with van der Waals surface area (Å²) in [5, 5.41) is 14.1. The summed E-state index contributed by atoms with van der Waals surface area (Å²) in [6.45, 7) is 2.76. The van der Waals surface area contributed by atoms with Gasteiger partial charge in [-0.2, -0.15) is 0 Å². The Morgan fingerprint density at radius 3 is 2.76 bits per heavy atom. The number of ether oxygens (including phenoxy) is 1. The molecule has 110 valence electrons. The van der Waals surface area contributed by atoms with Crippen LogP contribution in [0.3, 0.4) is 0 Å². The van der Waals surface area contributed by atoms with E-state index in [1.807, 2.05) is 19.1 Å². The zero-order valence-corrected chi connectivity index (χ0v) is 12.0. The minimum atomic E-state index is -0.428. The largest absolute Gasteiger partial charge is 0.482 e. The summed E-state index contributed by atoms with van der Waals surface area (Å²) < 4.78 is 5.57. The first kappa shape index (κ1) is 14.9. The van der Waals surface area contributed by atoms with Gasteiger partial charge in [0, 0.05) is 30.6 Å². The second kappa shape index (κ2) is 6.81. The number of aromatic nitrogens is 1. The molecule has 1 aromatic carbocycles. The highest BCUT2D eigenvalue weighted by molar-refractivity contribution is 5.48. The van der Waals surface area contributed by atoms with Crippen molar-refractivity contribution in [1.82, 2.24) is 10.3 Å². The summed E-state index contributed by atoms with van der Waals surface area (Å²) in [6, 6.07) is 6.91. The number of benzene rings is 1. The third-order valence-corrected chi connectivity index (χ3v) is 2.93. The quantitative estimate of drug-likeness (QED) is 0.652. The highest BCUT2D eigenvalue weighted by Crippen LogP contribution is 2.28. The molecule has 1 heterocycles. The summed E-state index contributed by atoms with van der Waals surface area (Å²) in [5.74, 6) is 0.265. The number of hydrogen-bond acceptors (Lipinski definition) is 5. The molecule has 0 aliphatic heterocycles. The number of nitrogens with one attached hydrogen (secondary N) is 1. The predicted octanol–water partition coefficient (Wildman–Crippen LogP) is 2.60. The first-order valence-electron chi connectivity index (χ1n) is 6.55. The number of nitro groups is 1. The molecule has 6 heteroatoms. The maximum Gasteiger partial charge on any atom is 0.311 e. The highest BCUT2D eigenvalue weighted by atomic mass is 16.6. The molecule has 0 radical (unpaired) electrons. The van der Waals surface area contributed by atoms with E-state index in [0.717, 1.165) is 16.7 Å². The van der Waals surface area contributed by atoms with Gasteiger partial charge >= 0.3 is 5.69 Å². The Hall–Kier alpha value is -2.47. The Labute approximate surface area is 122 Å². The Kier molecular flexibility index (Phi) is 4.84. The van der Waals surface area contributed by atoms with E-state index in [-0.39, 0.29) is 18.0 Å². The van der Waals surface area contributed by atoms with E-state index in [1.54, 1.807) is 25.5 Å². The van der Waals surface area contributed by atoms with E-state index in [9.17, 15) is 10.1 Å². The van der Waals surface area contributed by atoms with E-state index < -0.39 is 4.92 Å². The summed E-state index contributed by atoms with van der Waals surface area (Å²) in [6.07, 6.45) is 3.44. The lowest BCUT2D eigenvalue weighted by Gasteiger charge is -2.08. The zero-order valence-electron chi connectivity index (χ0n) is 12.0. The fraction of sp³-hybridized carbons (Fsp3) is 0.267. The summed E-state index contributed by atoms with van der Waals surface area (Å²) in [4.78, 5) is 14.8. The van der Waals surface area contributed by atoms with E-state index in [1.165, 1.54) is 6.07 Å². The first-order valence-corrected chi connectivity index (χ1v) is 6.55. The van der Waals surface area contributed by atoms with Crippen LogP contribution in [0.15, 0.2) is 36.7 Å². The molecule has 0 saturated carbocycles. The normalized spacial score (nSPS) is 10.4. The minimum absolute atomic E-state index is 0.0247. The Bertz CT molecular complexity index is 644. The molecule has 0 saturated heterocycles. The van der Waals surface area contributed by atoms with Crippen molar-refractivity contribution < 1.29 is 9.66 Å². The smallest absolute Gasteiger partial charge is 0.311 e. The third-order valence-electron chi connectivity index (χ3n) is 2.93. The maximum absolute atomic E-state index is 11.1. The van der Waals surface area contributed by atoms with Crippen LogP contribution in [0.2, 0.25) is 0 Å². The van der Waals surface area contributed by atoms with Crippen molar-refractivity contribution in [3.8, 4) is 5.75 Å². The molecule has 0 unspecified atom stereocenters. The molecule has 0 bridgehead atoms. The van der Waals surface area contributed by atoms with E-state index in [2.05, 4.69) is 10.3 Å². The molecule has 6 nitrogen and oxygen atoms in total. The Balaban J connectivity index is 2.17. The van der Waals surface area contributed by atoms with Gasteiger partial charge in [-0.3, -0.25) is 15.1 Å². The number of rotatable bonds is 6. The van der Waals surface area contributed by atoms with E-state index in [0.29, 0.717) is 6.54 Å². The number of nitro benzene ring substituents is 1. The average molecular weight is 287 g/mol. The van der Waals surface area contributed by atoms with Crippen molar-refractivity contribution in [2.75, 3.05) is 7.05 Å². The minimum Gasteiger partial charge on any atom is -0.482 e. The zero-order chi connectivity index (χ0) is 15.2. The van der Waals surface area contributed by atoms with Crippen LogP contribution < -0.4 is 10.1 Å². The van der Waals surface area contributed by atoms with Crippen LogP contribution in [0, 0.1) is 17.0 Å². The lowest BCUT2D eigenvalue weighted by atomic mass is 10.2. The number of pyridine rings is 1. The molecular weight excluding hydrogens is 270 g/mol. The summed E-state index contributed by atoms with van der Waals surface area (Å²) >= 11 is 0. The van der Waals surface area contributed by atoms with Crippen LogP contribution in [0.25, 0.3) is 0 Å². The van der Waals surface area contributed by atoms with Crippen molar-refractivity contribution in [3.63, 3.8) is 0 Å². The van der Waals surface area contributed by atoms with E-state index >= 15 is 0 Å². The van der Waals surface area contributed by atoms with Gasteiger partial charge in [-0.25, -0.2) is 0 Å². The van der Waals surface area contributed by atoms with Crippen molar-refractivity contribution in [3.05, 3.63) is 63.5 Å². The van der Waals surface area contributed by atoms with Crippen LogP contribution in [-0.4, -0.2) is 17.0 Å². The van der Waals surface area contributed by atoms with Crippen molar-refractivity contribution in [2.45, 2.75) is 20.1 Å². The standard InChI is InChI=1S/C15H17N3O3/c1-11-5-13(9-17-7-11)10-21-15-4-3-12(8-16-2)6-14(15)18(19)20/h3-7,9,16H,8,10H2,1-2H3. The van der Waals surface area contributed by atoms with Crippen molar-refractivity contribution in [2.24, 2.45) is 0 Å². The van der Waals surface area contributed by atoms with Crippen LogP contribution in [0.5, 0.6) is 5.75 Å². The van der Waals surface area contributed by atoms with Crippen LogP contribution in [0.4, 0.5) is 5.69 Å². The maximum atomic E-state index is 11.1. The molecule has 0 atom stereocenters. The van der Waals surface area contributed by atoms with Gasteiger partial charge in [-0.15, -0.1) is 0 Å². The lowest BCUT2D eigenvalue weighted by molar-refractivity contribution is -0.386. The van der Waals surface area contributed by atoms with Gasteiger partial charge in [0.15, 0.2) is 5.75 Å². The van der Waals surface area contributed by atoms with Gasteiger partial charge in [0.25, 0.3) is 0 Å². The van der Waals surface area contributed by atoms with Gasteiger partial charge < -0.3 is 10.1 Å². The monoisotopic (exact) mass is 287 g/mol. The van der Waals surface area contributed by atoms with E-state index in [4.69, 9.17) is 4.74 Å². The fourth-order valence-corrected chi connectivity index (χ4v) is 2.00. The molecule has 0 fully saturated rings. The molecular formula is C15H17N3O3. The van der Waals surface area contributed by atoms with Gasteiger partial charge in [0.1, 0.15) is 6.61 Å². The first-order chi connectivity index (χ1) is 10.1. The molecule has 0 spiro atoms. The van der Waals surface area contributed by atoms with Crippen molar-refractivity contribution >= 4 is 5.69 Å². The van der Waals surface area contributed by atoms with Gasteiger partial charge in [-0.05, 0) is 37.2 Å². The van der Waals surface area contributed by atoms with Gasteiger partial charge in [-0.1, -0.05) is 6.07 Å². The molecule has 2 rings (SSSR count). The Morgan fingerprint density at radius 1 is 1.29 bits per heavy atom. The molecule has 1 N–H and O–H groups in total. The van der Waals surface area contributed by atoms with Crippen LogP contribution >= 0.6 is 0 Å². The van der Waals surface area contributed by atoms with Gasteiger partial charge in [0.2, 0.25) is 0 Å². The summed E-state index contributed by atoms with van der Waals surface area (Å²) in [5.41, 5.74) is 2.72. The second-order valence-electron chi connectivity index (χ2n) is 4.75. The molecule has 2 aromatic rings. The molecule has 0 aliphatic rings. The number of aryl methyl sites for hydroxylation is 1. The molecule has 0 aliphatic carbocycles. The third kappa shape index (κ3) is 4.00. The van der Waals surface area contributed by atoms with Crippen LogP contribution in [-0.2, 0) is 13.2 Å². The number of nitrogens with zero attached hydrogens (tertiary/aromatic N) is 2.